The number of aromatic amines is 2. The SMILES string of the molecule is NC(=O)CC(NC(=O)C(CCCN=C(N)N)NC(=O)C(N)Cc1cnc[nH]1)C(=O)NC(Cc1c[nH]c2ccccc12)C(=O)O. The van der Waals surface area contributed by atoms with Gasteiger partial charge in [-0.05, 0) is 24.5 Å². The molecule has 0 aliphatic carbocycles. The molecular weight excluding hydrogens is 574 g/mol. The zero-order chi connectivity index (χ0) is 32.2. The van der Waals surface area contributed by atoms with E-state index in [2.05, 4.69) is 35.9 Å². The normalized spacial score (nSPS) is 13.7. The number of carboxylic acid groups (broad SMARTS) is 1. The first-order valence-electron chi connectivity index (χ1n) is 13.7. The van der Waals surface area contributed by atoms with Crippen molar-refractivity contribution in [1.29, 1.82) is 0 Å². The molecule has 3 aromatic rings. The molecule has 236 valence electrons. The number of nitrogens with zero attached hydrogens (tertiary/aromatic N) is 2. The Morgan fingerprint density at radius 3 is 2.25 bits per heavy atom. The Labute approximate surface area is 251 Å². The number of aliphatic carboxylic acids is 1. The molecule has 0 radical (unpaired) electrons. The van der Waals surface area contributed by atoms with E-state index in [1.165, 1.54) is 12.5 Å². The first-order chi connectivity index (χ1) is 20.9. The van der Waals surface area contributed by atoms with Gasteiger partial charge in [-0.3, -0.25) is 24.2 Å². The predicted octanol–water partition coefficient (Wildman–Crippen LogP) is -2.53. The number of fused-ring (bicyclic) bond motifs is 1. The van der Waals surface area contributed by atoms with Gasteiger partial charge in [-0.15, -0.1) is 0 Å². The molecule has 4 atom stereocenters. The molecule has 44 heavy (non-hydrogen) atoms. The highest BCUT2D eigenvalue weighted by atomic mass is 16.4. The number of nitrogens with two attached hydrogens (primary N) is 4. The van der Waals surface area contributed by atoms with Gasteiger partial charge in [0, 0.05) is 48.4 Å². The third kappa shape index (κ3) is 9.83. The quantitative estimate of drug-likeness (QED) is 0.0433. The van der Waals surface area contributed by atoms with E-state index in [1.54, 1.807) is 18.3 Å². The molecule has 0 spiro atoms. The number of carboxylic acids is 1. The Bertz CT molecular complexity index is 1480. The lowest BCUT2D eigenvalue weighted by atomic mass is 10.0. The van der Waals surface area contributed by atoms with Gasteiger partial charge in [-0.1, -0.05) is 18.2 Å². The van der Waals surface area contributed by atoms with Crippen LogP contribution in [-0.4, -0.2) is 86.3 Å². The lowest BCUT2D eigenvalue weighted by molar-refractivity contribution is -0.142. The fourth-order valence-corrected chi connectivity index (χ4v) is 4.45. The highest BCUT2D eigenvalue weighted by molar-refractivity contribution is 5.96. The van der Waals surface area contributed by atoms with Gasteiger partial charge in [0.05, 0.1) is 18.8 Å². The maximum atomic E-state index is 13.3. The maximum Gasteiger partial charge on any atom is 0.326 e. The van der Waals surface area contributed by atoms with Gasteiger partial charge in [0.1, 0.15) is 18.1 Å². The second-order valence-electron chi connectivity index (χ2n) is 10.1. The summed E-state index contributed by atoms with van der Waals surface area (Å²) in [6, 6.07) is 2.04. The minimum Gasteiger partial charge on any atom is -0.480 e. The van der Waals surface area contributed by atoms with E-state index < -0.39 is 60.2 Å². The van der Waals surface area contributed by atoms with E-state index in [4.69, 9.17) is 22.9 Å². The lowest BCUT2D eigenvalue weighted by Crippen LogP contribution is -2.58. The Hall–Kier alpha value is -5.45. The number of rotatable bonds is 17. The standard InChI is InChI=1S/C27H37N11O6/c28-17(9-15-12-32-13-35-15)23(40)36-19(6-3-7-33-27(30)31)24(41)37-20(10-22(29)39)25(42)38-21(26(43)44)8-14-11-34-18-5-2-1-4-16(14)18/h1-2,4-5,11-13,17,19-21,34H,3,6-10,28H2,(H2,29,39)(H,32,35)(H,36,40)(H,37,41)(H,38,42)(H,43,44)(H4,30,31,33). The van der Waals surface area contributed by atoms with Crippen molar-refractivity contribution >= 4 is 46.5 Å². The summed E-state index contributed by atoms with van der Waals surface area (Å²) in [4.78, 5) is 76.9. The van der Waals surface area contributed by atoms with Crippen molar-refractivity contribution in [2.45, 2.75) is 56.3 Å². The number of aliphatic imine (C=N–C) groups is 1. The van der Waals surface area contributed by atoms with Crippen LogP contribution in [0.4, 0.5) is 0 Å². The minimum atomic E-state index is -1.54. The molecule has 3 rings (SSSR count). The van der Waals surface area contributed by atoms with Crippen LogP contribution in [0.2, 0.25) is 0 Å². The number of hydrogen-bond donors (Lipinski definition) is 10. The van der Waals surface area contributed by atoms with Crippen molar-refractivity contribution in [2.75, 3.05) is 6.54 Å². The first kappa shape index (κ1) is 33.1. The van der Waals surface area contributed by atoms with E-state index in [0.29, 0.717) is 11.3 Å². The summed E-state index contributed by atoms with van der Waals surface area (Å²) in [5.41, 5.74) is 24.1. The molecule has 0 saturated carbocycles. The number of nitrogens with one attached hydrogen (secondary N) is 5. The van der Waals surface area contributed by atoms with Gasteiger partial charge < -0.3 is 54.0 Å². The smallest absolute Gasteiger partial charge is 0.326 e. The average Bonchev–Trinajstić information content (AvgIpc) is 3.63. The monoisotopic (exact) mass is 611 g/mol. The molecule has 14 N–H and O–H groups in total. The number of carbonyl (C=O) groups is 5. The summed E-state index contributed by atoms with van der Waals surface area (Å²) in [5.74, 6) is -4.86. The molecule has 0 aliphatic heterocycles. The summed E-state index contributed by atoms with van der Waals surface area (Å²) in [7, 11) is 0. The summed E-state index contributed by atoms with van der Waals surface area (Å²) >= 11 is 0. The number of imidazole rings is 1. The van der Waals surface area contributed by atoms with Crippen LogP contribution in [0.5, 0.6) is 0 Å². The van der Waals surface area contributed by atoms with E-state index in [-0.39, 0.29) is 38.2 Å². The van der Waals surface area contributed by atoms with E-state index in [0.717, 1.165) is 10.9 Å². The second kappa shape index (κ2) is 15.7. The Balaban J connectivity index is 1.73. The van der Waals surface area contributed by atoms with Gasteiger partial charge in [0.2, 0.25) is 23.6 Å². The molecule has 1 aromatic carbocycles. The number of guanidine groups is 1. The second-order valence-corrected chi connectivity index (χ2v) is 10.1. The molecule has 2 aromatic heterocycles. The van der Waals surface area contributed by atoms with Crippen LogP contribution in [0.3, 0.4) is 0 Å². The molecule has 0 saturated heterocycles. The van der Waals surface area contributed by atoms with Crippen molar-refractivity contribution < 1.29 is 29.1 Å². The zero-order valence-electron chi connectivity index (χ0n) is 23.8. The number of hydrogen-bond acceptors (Lipinski definition) is 8. The number of amides is 4. The molecule has 2 heterocycles. The average molecular weight is 612 g/mol. The molecular formula is C27H37N11O6. The number of carbonyl (C=O) groups excluding carboxylic acids is 4. The van der Waals surface area contributed by atoms with Crippen LogP contribution in [0.25, 0.3) is 10.9 Å². The summed E-state index contributed by atoms with van der Waals surface area (Å²) in [6.07, 6.45) is 4.25. The Kier molecular flexibility index (Phi) is 11.8. The van der Waals surface area contributed by atoms with Crippen molar-refractivity contribution in [1.82, 2.24) is 30.9 Å². The minimum absolute atomic E-state index is 0.0361. The fourth-order valence-electron chi connectivity index (χ4n) is 4.45. The van der Waals surface area contributed by atoms with Crippen LogP contribution in [0.1, 0.15) is 30.5 Å². The summed E-state index contributed by atoms with van der Waals surface area (Å²) in [6.45, 7) is 0.140. The van der Waals surface area contributed by atoms with E-state index in [1.807, 2.05) is 12.1 Å². The van der Waals surface area contributed by atoms with Gasteiger partial charge in [-0.2, -0.15) is 0 Å². The fraction of sp³-hybridized carbons (Fsp3) is 0.370. The molecule has 0 aliphatic rings. The zero-order valence-corrected chi connectivity index (χ0v) is 23.8. The number of H-pyrrole nitrogens is 2. The highest BCUT2D eigenvalue weighted by Gasteiger charge is 2.31. The van der Waals surface area contributed by atoms with Gasteiger partial charge in [-0.25, -0.2) is 9.78 Å². The highest BCUT2D eigenvalue weighted by Crippen LogP contribution is 2.19. The summed E-state index contributed by atoms with van der Waals surface area (Å²) in [5, 5.41) is 18.0. The van der Waals surface area contributed by atoms with Crippen LogP contribution >= 0.6 is 0 Å². The topological polar surface area (TPSA) is 303 Å². The van der Waals surface area contributed by atoms with Gasteiger partial charge in [0.15, 0.2) is 5.96 Å². The van der Waals surface area contributed by atoms with Crippen LogP contribution in [0.15, 0.2) is 48.0 Å². The third-order valence-corrected chi connectivity index (χ3v) is 6.66. The van der Waals surface area contributed by atoms with Crippen molar-refractivity contribution in [2.24, 2.45) is 27.9 Å². The molecule has 0 bridgehead atoms. The number of para-hydroxylation sites is 1. The van der Waals surface area contributed by atoms with E-state index in [9.17, 15) is 29.1 Å². The molecule has 17 nitrogen and oxygen atoms in total. The number of aromatic nitrogens is 3. The number of benzene rings is 1. The largest absolute Gasteiger partial charge is 0.480 e. The lowest BCUT2D eigenvalue weighted by Gasteiger charge is -2.24. The molecule has 17 heteroatoms. The van der Waals surface area contributed by atoms with Crippen molar-refractivity contribution in [3.63, 3.8) is 0 Å². The predicted molar refractivity (Wildman–Crippen MR) is 159 cm³/mol. The van der Waals surface area contributed by atoms with Crippen LogP contribution in [0, 0.1) is 0 Å². The number of primary amides is 1. The van der Waals surface area contributed by atoms with Crippen molar-refractivity contribution in [3.8, 4) is 0 Å². The molecule has 4 amide bonds. The third-order valence-electron chi connectivity index (χ3n) is 6.66. The van der Waals surface area contributed by atoms with E-state index >= 15 is 0 Å². The summed E-state index contributed by atoms with van der Waals surface area (Å²) < 4.78 is 0. The van der Waals surface area contributed by atoms with Crippen LogP contribution < -0.4 is 38.9 Å². The molecule has 0 fully saturated rings. The Morgan fingerprint density at radius 2 is 1.59 bits per heavy atom. The van der Waals surface area contributed by atoms with Gasteiger partial charge in [0.25, 0.3) is 0 Å². The van der Waals surface area contributed by atoms with Crippen LogP contribution in [-0.2, 0) is 36.8 Å². The first-order valence-corrected chi connectivity index (χ1v) is 13.7. The maximum absolute atomic E-state index is 13.3. The van der Waals surface area contributed by atoms with Gasteiger partial charge >= 0.3 is 5.97 Å². The van der Waals surface area contributed by atoms with Crippen molar-refractivity contribution in [3.05, 3.63) is 54.2 Å². The molecule has 4 unspecified atom stereocenters. The Morgan fingerprint density at radius 1 is 0.909 bits per heavy atom.